The van der Waals surface area contributed by atoms with Crippen LogP contribution in [0.1, 0.15) is 6.92 Å². The van der Waals surface area contributed by atoms with Gasteiger partial charge in [-0.05, 0) is 30.3 Å². The lowest BCUT2D eigenvalue weighted by molar-refractivity contribution is -0.115. The zero-order valence-corrected chi connectivity index (χ0v) is 11.5. The van der Waals surface area contributed by atoms with Gasteiger partial charge in [-0.15, -0.1) is 12.6 Å². The van der Waals surface area contributed by atoms with Crippen molar-refractivity contribution >= 4 is 41.7 Å². The molecule has 0 radical (unpaired) electrons. The maximum atomic E-state index is 11.9. The van der Waals surface area contributed by atoms with Gasteiger partial charge in [-0.2, -0.15) is 0 Å². The normalized spacial score (nSPS) is 12.9. The summed E-state index contributed by atoms with van der Waals surface area (Å²) in [5.41, 5.74) is 1.86. The summed E-state index contributed by atoms with van der Waals surface area (Å²) in [6.07, 6.45) is 0. The van der Waals surface area contributed by atoms with Crippen molar-refractivity contribution in [1.29, 1.82) is 0 Å². The van der Waals surface area contributed by atoms with Crippen LogP contribution in [0.25, 0.3) is 0 Å². The van der Waals surface area contributed by atoms with E-state index in [9.17, 15) is 4.79 Å². The summed E-state index contributed by atoms with van der Waals surface area (Å²) in [6.45, 7) is 1.59. The van der Waals surface area contributed by atoms with Crippen molar-refractivity contribution in [3.8, 4) is 0 Å². The molecule has 1 aliphatic heterocycles. The molecule has 0 aromatic heterocycles. The van der Waals surface area contributed by atoms with E-state index in [0.717, 1.165) is 26.1 Å². The molecule has 0 saturated carbocycles. The number of para-hydroxylation sites is 1. The number of thiol groups is 1. The van der Waals surface area contributed by atoms with Crippen LogP contribution in [0.4, 0.5) is 11.4 Å². The molecule has 0 spiro atoms. The van der Waals surface area contributed by atoms with Gasteiger partial charge in [-0.1, -0.05) is 23.9 Å². The summed E-state index contributed by atoms with van der Waals surface area (Å²) in [4.78, 5) is 16.7. The van der Waals surface area contributed by atoms with E-state index in [1.165, 1.54) is 0 Å². The van der Waals surface area contributed by atoms with Crippen LogP contribution in [0.3, 0.4) is 0 Å². The van der Waals surface area contributed by atoms with Crippen molar-refractivity contribution in [2.24, 2.45) is 0 Å². The highest BCUT2D eigenvalue weighted by atomic mass is 32.2. The fraction of sp³-hybridized carbons (Fsp3) is 0.0714. The highest BCUT2D eigenvalue weighted by Gasteiger charge is 2.25. The number of anilines is 2. The van der Waals surface area contributed by atoms with E-state index in [-0.39, 0.29) is 5.91 Å². The molecule has 1 aliphatic rings. The van der Waals surface area contributed by atoms with Crippen LogP contribution in [-0.2, 0) is 4.79 Å². The predicted octanol–water partition coefficient (Wildman–Crippen LogP) is 4.12. The van der Waals surface area contributed by atoms with Crippen molar-refractivity contribution in [2.45, 2.75) is 21.6 Å². The number of benzene rings is 2. The maximum Gasteiger partial charge on any atom is 0.228 e. The fourth-order valence-electron chi connectivity index (χ4n) is 2.08. The molecule has 1 amide bonds. The molecule has 0 atom stereocenters. The molecule has 3 rings (SSSR count). The molecule has 2 aromatic carbocycles. The quantitative estimate of drug-likeness (QED) is 0.728. The standard InChI is InChI=1S/C14H11NOS2/c1-9(16)15-11-4-2-3-5-13(11)18-14-7-6-10(17)8-12(14)15/h2-8,17H,1H3. The van der Waals surface area contributed by atoms with Crippen molar-refractivity contribution in [1.82, 2.24) is 0 Å². The zero-order chi connectivity index (χ0) is 12.7. The van der Waals surface area contributed by atoms with Crippen LogP contribution in [0.5, 0.6) is 0 Å². The third kappa shape index (κ3) is 1.82. The van der Waals surface area contributed by atoms with Crippen LogP contribution < -0.4 is 4.90 Å². The lowest BCUT2D eigenvalue weighted by atomic mass is 10.2. The van der Waals surface area contributed by atoms with Gasteiger partial charge in [0.1, 0.15) is 0 Å². The highest BCUT2D eigenvalue weighted by molar-refractivity contribution is 7.99. The minimum atomic E-state index is 0.0166. The van der Waals surface area contributed by atoms with Crippen molar-refractivity contribution in [2.75, 3.05) is 4.90 Å². The number of hydrogen-bond acceptors (Lipinski definition) is 3. The second-order valence-electron chi connectivity index (χ2n) is 4.08. The molecule has 0 unspecified atom stereocenters. The van der Waals surface area contributed by atoms with Gasteiger partial charge in [-0.3, -0.25) is 9.69 Å². The van der Waals surface area contributed by atoms with Gasteiger partial charge in [0.2, 0.25) is 5.91 Å². The Labute approximate surface area is 115 Å². The number of rotatable bonds is 0. The van der Waals surface area contributed by atoms with Gasteiger partial charge in [-0.25, -0.2) is 0 Å². The fourth-order valence-corrected chi connectivity index (χ4v) is 3.32. The second kappa shape index (κ2) is 4.37. The Balaban J connectivity index is 2.24. The van der Waals surface area contributed by atoms with Gasteiger partial charge >= 0.3 is 0 Å². The minimum absolute atomic E-state index is 0.0166. The summed E-state index contributed by atoms with van der Waals surface area (Å²) >= 11 is 6.03. The van der Waals surface area contributed by atoms with Gasteiger partial charge in [0, 0.05) is 21.6 Å². The Hall–Kier alpha value is -1.39. The average Bonchev–Trinajstić information content (AvgIpc) is 2.35. The summed E-state index contributed by atoms with van der Waals surface area (Å²) < 4.78 is 0. The van der Waals surface area contributed by atoms with Gasteiger partial charge in [0.25, 0.3) is 0 Å². The van der Waals surface area contributed by atoms with Gasteiger partial charge in [0.15, 0.2) is 0 Å². The Bertz CT molecular complexity index is 639. The van der Waals surface area contributed by atoms with Gasteiger partial charge in [0.05, 0.1) is 11.4 Å². The summed E-state index contributed by atoms with van der Waals surface area (Å²) in [6, 6.07) is 13.8. The molecule has 0 N–H and O–H groups in total. The first-order valence-corrected chi connectivity index (χ1v) is 6.84. The van der Waals surface area contributed by atoms with Crippen LogP contribution in [0.2, 0.25) is 0 Å². The number of hydrogen-bond donors (Lipinski definition) is 1. The number of fused-ring (bicyclic) bond motifs is 2. The highest BCUT2D eigenvalue weighted by Crippen LogP contribution is 2.48. The Morgan fingerprint density at radius 2 is 1.83 bits per heavy atom. The second-order valence-corrected chi connectivity index (χ2v) is 5.68. The smallest absolute Gasteiger partial charge is 0.228 e. The van der Waals surface area contributed by atoms with Crippen LogP contribution in [-0.4, -0.2) is 5.91 Å². The van der Waals surface area contributed by atoms with Crippen LogP contribution in [0.15, 0.2) is 57.2 Å². The summed E-state index contributed by atoms with van der Waals surface area (Å²) in [5, 5.41) is 0. The molecule has 1 heterocycles. The molecule has 0 saturated heterocycles. The summed E-state index contributed by atoms with van der Waals surface area (Å²) in [7, 11) is 0. The van der Waals surface area contributed by atoms with E-state index < -0.39 is 0 Å². The molecule has 0 bridgehead atoms. The Kier molecular flexibility index (Phi) is 2.84. The Morgan fingerprint density at radius 3 is 2.61 bits per heavy atom. The predicted molar refractivity (Wildman–Crippen MR) is 77.1 cm³/mol. The number of amides is 1. The third-order valence-electron chi connectivity index (χ3n) is 2.82. The van der Waals surface area contributed by atoms with Crippen molar-refractivity contribution < 1.29 is 4.79 Å². The molecule has 0 aliphatic carbocycles. The largest absolute Gasteiger partial charge is 0.279 e. The number of nitrogens with zero attached hydrogens (tertiary/aromatic N) is 1. The number of carbonyl (C=O) groups excluding carboxylic acids is 1. The van der Waals surface area contributed by atoms with E-state index in [0.29, 0.717) is 0 Å². The topological polar surface area (TPSA) is 20.3 Å². The molecular weight excluding hydrogens is 262 g/mol. The van der Waals surface area contributed by atoms with E-state index in [2.05, 4.69) is 12.6 Å². The molecule has 2 aromatic rings. The Morgan fingerprint density at radius 1 is 1.11 bits per heavy atom. The lowest BCUT2D eigenvalue weighted by Crippen LogP contribution is -2.25. The van der Waals surface area contributed by atoms with Crippen LogP contribution in [0, 0.1) is 0 Å². The van der Waals surface area contributed by atoms with E-state index >= 15 is 0 Å². The molecule has 0 fully saturated rings. The summed E-state index contributed by atoms with van der Waals surface area (Å²) in [5.74, 6) is 0.0166. The molecule has 90 valence electrons. The molecule has 18 heavy (non-hydrogen) atoms. The van der Waals surface area contributed by atoms with E-state index in [1.54, 1.807) is 23.6 Å². The SMILES string of the molecule is CC(=O)N1c2ccccc2Sc2ccc(S)cc21. The average molecular weight is 273 g/mol. The van der Waals surface area contributed by atoms with Crippen molar-refractivity contribution in [3.05, 3.63) is 42.5 Å². The lowest BCUT2D eigenvalue weighted by Gasteiger charge is -2.30. The molecule has 2 nitrogen and oxygen atoms in total. The first-order chi connectivity index (χ1) is 8.66. The minimum Gasteiger partial charge on any atom is -0.279 e. The number of carbonyl (C=O) groups is 1. The molecular formula is C14H11NOS2. The van der Waals surface area contributed by atoms with Gasteiger partial charge < -0.3 is 0 Å². The maximum absolute atomic E-state index is 11.9. The molecule has 4 heteroatoms. The zero-order valence-electron chi connectivity index (χ0n) is 9.75. The first-order valence-electron chi connectivity index (χ1n) is 5.57. The third-order valence-corrected chi connectivity index (χ3v) is 4.23. The van der Waals surface area contributed by atoms with Crippen LogP contribution >= 0.6 is 24.4 Å². The first kappa shape index (κ1) is 11.7. The monoisotopic (exact) mass is 273 g/mol. The van der Waals surface area contributed by atoms with Crippen molar-refractivity contribution in [3.63, 3.8) is 0 Å². The van der Waals surface area contributed by atoms with E-state index in [1.807, 2.05) is 42.5 Å². The van der Waals surface area contributed by atoms with E-state index in [4.69, 9.17) is 0 Å².